The summed E-state index contributed by atoms with van der Waals surface area (Å²) >= 11 is 6.73. The van der Waals surface area contributed by atoms with Gasteiger partial charge in [-0.05, 0) is 36.2 Å². The van der Waals surface area contributed by atoms with Crippen LogP contribution in [0.3, 0.4) is 0 Å². The first-order valence-electron chi connectivity index (χ1n) is 9.62. The van der Waals surface area contributed by atoms with E-state index in [1.54, 1.807) is 47.4 Å². The summed E-state index contributed by atoms with van der Waals surface area (Å²) in [5.74, 6) is -0.458. The number of benzene rings is 2. The average molecular weight is 492 g/mol. The molecule has 1 saturated heterocycles. The molecule has 0 atom stereocenters. The number of carbonyl (C=O) groups excluding carboxylic acids is 2. The highest BCUT2D eigenvalue weighted by Gasteiger charge is 2.23. The van der Waals surface area contributed by atoms with Gasteiger partial charge in [0, 0.05) is 25.2 Å². The van der Waals surface area contributed by atoms with Crippen molar-refractivity contribution in [3.63, 3.8) is 0 Å². The zero-order valence-electron chi connectivity index (χ0n) is 16.6. The maximum absolute atomic E-state index is 12.6. The van der Waals surface area contributed by atoms with Gasteiger partial charge in [0.1, 0.15) is 0 Å². The van der Waals surface area contributed by atoms with Crippen molar-refractivity contribution in [2.24, 2.45) is 0 Å². The molecule has 2 aromatic carbocycles. The largest absolute Gasteiger partial charge is 0.312 e. The molecule has 4 rings (SSSR count). The van der Waals surface area contributed by atoms with Crippen molar-refractivity contribution in [1.29, 1.82) is 0 Å². The van der Waals surface area contributed by atoms with Crippen LogP contribution >= 0.6 is 22.9 Å². The second-order valence-electron chi connectivity index (χ2n) is 6.95. The minimum atomic E-state index is -3.95. The van der Waals surface area contributed by atoms with Gasteiger partial charge in [-0.3, -0.25) is 14.9 Å². The maximum atomic E-state index is 12.6. The van der Waals surface area contributed by atoms with Crippen molar-refractivity contribution in [3.8, 4) is 0 Å². The van der Waals surface area contributed by atoms with Crippen LogP contribution < -0.4 is 14.9 Å². The Morgan fingerprint density at radius 1 is 1.16 bits per heavy atom. The van der Waals surface area contributed by atoms with Crippen molar-refractivity contribution in [3.05, 3.63) is 64.7 Å². The molecule has 2 heterocycles. The highest BCUT2D eigenvalue weighted by Crippen LogP contribution is 2.24. The fourth-order valence-electron chi connectivity index (χ4n) is 3.17. The summed E-state index contributed by atoms with van der Waals surface area (Å²) in [6, 6.07) is 13.6. The van der Waals surface area contributed by atoms with E-state index in [9.17, 15) is 18.0 Å². The molecule has 0 bridgehead atoms. The first kappa shape index (κ1) is 22.3. The van der Waals surface area contributed by atoms with E-state index in [0.29, 0.717) is 18.5 Å². The van der Waals surface area contributed by atoms with Crippen molar-refractivity contribution in [2.45, 2.75) is 23.7 Å². The van der Waals surface area contributed by atoms with Crippen LogP contribution in [0.25, 0.3) is 0 Å². The summed E-state index contributed by atoms with van der Waals surface area (Å²) < 4.78 is 27.4. The Morgan fingerprint density at radius 2 is 1.97 bits per heavy atom. The van der Waals surface area contributed by atoms with E-state index in [1.165, 1.54) is 0 Å². The lowest BCUT2D eigenvalue weighted by Gasteiger charge is -2.16. The van der Waals surface area contributed by atoms with Gasteiger partial charge in [0.05, 0.1) is 10.6 Å². The Hall–Kier alpha value is -2.86. The van der Waals surface area contributed by atoms with Crippen LogP contribution in [-0.4, -0.2) is 37.0 Å². The van der Waals surface area contributed by atoms with Crippen molar-refractivity contribution in [1.82, 2.24) is 14.9 Å². The average Bonchev–Trinajstić information content (AvgIpc) is 3.42. The molecule has 0 spiro atoms. The number of amides is 2. The molecule has 0 unspecified atom stereocenters. The van der Waals surface area contributed by atoms with Gasteiger partial charge in [-0.15, -0.1) is 10.2 Å². The smallest absolute Gasteiger partial charge is 0.270 e. The first-order valence-corrected chi connectivity index (χ1v) is 12.3. The van der Waals surface area contributed by atoms with E-state index in [-0.39, 0.29) is 32.5 Å². The van der Waals surface area contributed by atoms with Crippen molar-refractivity contribution >= 4 is 55.6 Å². The molecular formula is C20H18ClN5O4S2. The van der Waals surface area contributed by atoms with Crippen LogP contribution in [0, 0.1) is 0 Å². The molecule has 12 heteroatoms. The van der Waals surface area contributed by atoms with E-state index >= 15 is 0 Å². The Kier molecular flexibility index (Phi) is 6.51. The number of nitrogens with zero attached hydrogens (tertiary/aromatic N) is 3. The fourth-order valence-corrected chi connectivity index (χ4v) is 5.35. The van der Waals surface area contributed by atoms with Gasteiger partial charge >= 0.3 is 0 Å². The van der Waals surface area contributed by atoms with E-state index in [0.717, 1.165) is 23.4 Å². The van der Waals surface area contributed by atoms with E-state index in [2.05, 4.69) is 20.2 Å². The fraction of sp³-hybridized carbons (Fsp3) is 0.200. The predicted octanol–water partition coefficient (Wildman–Crippen LogP) is 3.05. The zero-order valence-corrected chi connectivity index (χ0v) is 19.0. The summed E-state index contributed by atoms with van der Waals surface area (Å²) in [4.78, 5) is 25.9. The highest BCUT2D eigenvalue weighted by atomic mass is 35.5. The topological polar surface area (TPSA) is 121 Å². The summed E-state index contributed by atoms with van der Waals surface area (Å²) in [7, 11) is -3.95. The van der Waals surface area contributed by atoms with Crippen LogP contribution in [0.15, 0.2) is 52.9 Å². The molecular weight excluding hydrogens is 474 g/mol. The van der Waals surface area contributed by atoms with E-state index in [1.807, 2.05) is 6.07 Å². The SMILES string of the molecule is O=C(Nc1nnc(S(=O)(=O)NCc2cccc(N3CCCC3=O)c2)s1)c1ccccc1Cl. The Bertz CT molecular complexity index is 1280. The predicted molar refractivity (Wildman–Crippen MR) is 121 cm³/mol. The molecule has 32 heavy (non-hydrogen) atoms. The van der Waals surface area contributed by atoms with Gasteiger partial charge in [0.2, 0.25) is 15.4 Å². The van der Waals surface area contributed by atoms with Gasteiger partial charge in [-0.2, -0.15) is 0 Å². The van der Waals surface area contributed by atoms with Crippen molar-refractivity contribution in [2.75, 3.05) is 16.8 Å². The number of hydrogen-bond acceptors (Lipinski definition) is 7. The second-order valence-corrected chi connectivity index (χ2v) is 10.3. The number of nitrogens with one attached hydrogen (secondary N) is 2. The summed E-state index contributed by atoms with van der Waals surface area (Å²) in [5, 5.41) is 10.2. The molecule has 3 aromatic rings. The van der Waals surface area contributed by atoms with Crippen LogP contribution in [-0.2, 0) is 21.4 Å². The molecule has 2 N–H and O–H groups in total. The molecule has 0 saturated carbocycles. The number of rotatable bonds is 7. The molecule has 0 radical (unpaired) electrons. The summed E-state index contributed by atoms with van der Waals surface area (Å²) in [5.41, 5.74) is 1.68. The quantitative estimate of drug-likeness (QED) is 0.490. The standard InChI is InChI=1S/C20H18ClN5O4S2/c21-16-8-2-1-7-15(16)18(28)23-19-24-25-20(31-19)32(29,30)22-12-13-5-3-6-14(11-13)26-10-4-9-17(26)27/h1-3,5-8,11,22H,4,9-10,12H2,(H,23,24,28). The summed E-state index contributed by atoms with van der Waals surface area (Å²) in [6.07, 6.45) is 1.32. The lowest BCUT2D eigenvalue weighted by molar-refractivity contribution is -0.117. The summed E-state index contributed by atoms with van der Waals surface area (Å²) in [6.45, 7) is 0.667. The molecule has 0 aliphatic carbocycles. The molecule has 2 amide bonds. The Labute approximate surface area is 193 Å². The number of aromatic nitrogens is 2. The first-order chi connectivity index (χ1) is 15.3. The van der Waals surface area contributed by atoms with Crippen LogP contribution in [0.2, 0.25) is 5.02 Å². The van der Waals surface area contributed by atoms with Crippen LogP contribution in [0.1, 0.15) is 28.8 Å². The normalized spacial score (nSPS) is 14.0. The third-order valence-electron chi connectivity index (χ3n) is 4.74. The third kappa shape index (κ3) is 4.96. The van der Waals surface area contributed by atoms with Crippen molar-refractivity contribution < 1.29 is 18.0 Å². The highest BCUT2D eigenvalue weighted by molar-refractivity contribution is 7.91. The molecule has 1 aliphatic rings. The van der Waals surface area contributed by atoms with E-state index < -0.39 is 15.9 Å². The minimum absolute atomic E-state index is 0.0130. The molecule has 1 aromatic heterocycles. The van der Waals surface area contributed by atoms with Gasteiger partial charge in [0.25, 0.3) is 15.9 Å². The van der Waals surface area contributed by atoms with Gasteiger partial charge in [0.15, 0.2) is 0 Å². The minimum Gasteiger partial charge on any atom is -0.312 e. The van der Waals surface area contributed by atoms with Crippen LogP contribution in [0.4, 0.5) is 10.8 Å². The number of hydrogen-bond donors (Lipinski definition) is 2. The lowest BCUT2D eigenvalue weighted by atomic mass is 10.2. The van der Waals surface area contributed by atoms with Crippen LogP contribution in [0.5, 0.6) is 0 Å². The molecule has 1 fully saturated rings. The van der Waals surface area contributed by atoms with Gasteiger partial charge in [-0.25, -0.2) is 13.1 Å². The lowest BCUT2D eigenvalue weighted by Crippen LogP contribution is -2.25. The molecule has 166 valence electrons. The number of carbonyl (C=O) groups is 2. The van der Waals surface area contributed by atoms with E-state index in [4.69, 9.17) is 11.6 Å². The number of halogens is 1. The monoisotopic (exact) mass is 491 g/mol. The number of anilines is 2. The van der Waals surface area contributed by atoms with Gasteiger partial charge < -0.3 is 4.90 Å². The Balaban J connectivity index is 1.41. The zero-order chi connectivity index (χ0) is 22.7. The number of sulfonamides is 1. The van der Waals surface area contributed by atoms with Gasteiger partial charge in [-0.1, -0.05) is 47.2 Å². The second kappa shape index (κ2) is 9.33. The maximum Gasteiger partial charge on any atom is 0.270 e. The molecule has 9 nitrogen and oxygen atoms in total. The third-order valence-corrected chi connectivity index (χ3v) is 7.67. The molecule has 1 aliphatic heterocycles. The Morgan fingerprint density at radius 3 is 2.72 bits per heavy atom.